The molecule has 0 fully saturated rings. The lowest BCUT2D eigenvalue weighted by Gasteiger charge is -2.13. The molecule has 2 rings (SSSR count). The fourth-order valence-corrected chi connectivity index (χ4v) is 2.47. The molecule has 0 radical (unpaired) electrons. The van der Waals surface area contributed by atoms with Gasteiger partial charge in [0.1, 0.15) is 10.7 Å². The summed E-state index contributed by atoms with van der Waals surface area (Å²) >= 11 is 14.6. The van der Waals surface area contributed by atoms with Crippen LogP contribution in [0.1, 0.15) is 11.3 Å². The number of aryl methyl sites for hydroxylation is 1. The van der Waals surface area contributed by atoms with Gasteiger partial charge < -0.3 is 11.1 Å². The second-order valence-electron chi connectivity index (χ2n) is 3.97. The average molecular weight is 357 g/mol. The predicted molar refractivity (Wildman–Crippen MR) is 87.3 cm³/mol. The van der Waals surface area contributed by atoms with Gasteiger partial charge in [-0.1, -0.05) is 23.8 Å². The first-order valence-corrected chi connectivity index (χ1v) is 7.04. The van der Waals surface area contributed by atoms with Gasteiger partial charge in [-0.15, -0.1) is 0 Å². The van der Waals surface area contributed by atoms with Gasteiger partial charge in [-0.05, 0) is 52.7 Å². The quantitative estimate of drug-likeness (QED) is 0.810. The minimum Gasteiger partial charge on any atom is -0.388 e. The Balaban J connectivity index is 2.42. The van der Waals surface area contributed by atoms with Crippen molar-refractivity contribution in [1.29, 1.82) is 0 Å². The number of hydrogen-bond acceptors (Lipinski definition) is 3. The fraction of sp³-hybridized carbons (Fsp3) is 0.0769. The minimum atomic E-state index is 0.248. The van der Waals surface area contributed by atoms with Gasteiger partial charge in [-0.2, -0.15) is 0 Å². The zero-order valence-electron chi connectivity index (χ0n) is 10.1. The van der Waals surface area contributed by atoms with Crippen LogP contribution in [0.3, 0.4) is 0 Å². The molecule has 0 spiro atoms. The molecule has 0 saturated carbocycles. The number of nitrogens with one attached hydrogen (secondary N) is 1. The monoisotopic (exact) mass is 355 g/mol. The molecule has 0 unspecified atom stereocenters. The molecule has 0 aliphatic heterocycles. The molecule has 0 amide bonds. The van der Waals surface area contributed by atoms with E-state index < -0.39 is 0 Å². The fourth-order valence-electron chi connectivity index (χ4n) is 1.59. The standard InChI is InChI=1S/C13H11BrClN3S/c1-7-5-8(14)11(6-9(7)15)18-10-3-2-4-17-12(10)13(16)19/h2-6,18H,1H3,(H2,16,19). The molecule has 1 heterocycles. The summed E-state index contributed by atoms with van der Waals surface area (Å²) in [7, 11) is 0. The van der Waals surface area contributed by atoms with Gasteiger partial charge in [0.2, 0.25) is 0 Å². The van der Waals surface area contributed by atoms with E-state index in [1.54, 1.807) is 6.20 Å². The van der Waals surface area contributed by atoms with E-state index in [0.29, 0.717) is 10.7 Å². The zero-order chi connectivity index (χ0) is 14.0. The lowest BCUT2D eigenvalue weighted by molar-refractivity contribution is 1.28. The van der Waals surface area contributed by atoms with E-state index in [2.05, 4.69) is 26.2 Å². The smallest absolute Gasteiger partial charge is 0.124 e. The van der Waals surface area contributed by atoms with Crippen LogP contribution in [0, 0.1) is 6.92 Å². The first kappa shape index (κ1) is 14.2. The number of hydrogen-bond donors (Lipinski definition) is 2. The first-order chi connectivity index (χ1) is 8.99. The van der Waals surface area contributed by atoms with Crippen LogP contribution >= 0.6 is 39.7 Å². The van der Waals surface area contributed by atoms with Crippen LogP contribution in [0.15, 0.2) is 34.9 Å². The number of nitrogens with two attached hydrogens (primary N) is 1. The maximum atomic E-state index is 6.13. The summed E-state index contributed by atoms with van der Waals surface area (Å²) < 4.78 is 0.909. The Labute approximate surface area is 130 Å². The molecule has 0 saturated heterocycles. The Morgan fingerprint density at radius 2 is 2.16 bits per heavy atom. The van der Waals surface area contributed by atoms with Gasteiger partial charge in [-0.3, -0.25) is 4.98 Å². The summed E-state index contributed by atoms with van der Waals surface area (Å²) in [4.78, 5) is 4.41. The van der Waals surface area contributed by atoms with Crippen LogP contribution < -0.4 is 11.1 Å². The highest BCUT2D eigenvalue weighted by Gasteiger charge is 2.09. The molecule has 3 nitrogen and oxygen atoms in total. The molecule has 0 atom stereocenters. The first-order valence-electron chi connectivity index (χ1n) is 5.46. The van der Waals surface area contributed by atoms with E-state index >= 15 is 0 Å². The Bertz CT molecular complexity index is 646. The molecule has 0 bridgehead atoms. The van der Waals surface area contributed by atoms with E-state index in [9.17, 15) is 0 Å². The van der Waals surface area contributed by atoms with E-state index in [1.165, 1.54) is 0 Å². The van der Waals surface area contributed by atoms with E-state index in [4.69, 9.17) is 29.6 Å². The highest BCUT2D eigenvalue weighted by molar-refractivity contribution is 9.10. The van der Waals surface area contributed by atoms with Crippen molar-refractivity contribution in [1.82, 2.24) is 4.98 Å². The van der Waals surface area contributed by atoms with E-state index in [-0.39, 0.29) is 4.99 Å². The Kier molecular flexibility index (Phi) is 4.39. The lowest BCUT2D eigenvalue weighted by atomic mass is 10.2. The summed E-state index contributed by atoms with van der Waals surface area (Å²) in [6.07, 6.45) is 1.65. The number of pyridine rings is 1. The third kappa shape index (κ3) is 3.23. The predicted octanol–water partition coefficient (Wildman–Crippen LogP) is 4.18. The maximum absolute atomic E-state index is 6.13. The van der Waals surface area contributed by atoms with Gasteiger partial charge in [0, 0.05) is 15.7 Å². The van der Waals surface area contributed by atoms with Gasteiger partial charge in [0.15, 0.2) is 0 Å². The molecular formula is C13H11BrClN3S. The second-order valence-corrected chi connectivity index (χ2v) is 5.67. The molecule has 19 heavy (non-hydrogen) atoms. The summed E-state index contributed by atoms with van der Waals surface area (Å²) in [5.41, 5.74) is 8.79. The second kappa shape index (κ2) is 5.86. The normalized spacial score (nSPS) is 10.3. The average Bonchev–Trinajstić information content (AvgIpc) is 2.36. The van der Waals surface area contributed by atoms with Crippen molar-refractivity contribution >= 4 is 56.1 Å². The zero-order valence-corrected chi connectivity index (χ0v) is 13.2. The molecule has 0 aliphatic carbocycles. The van der Waals surface area contributed by atoms with Crippen molar-refractivity contribution in [2.75, 3.05) is 5.32 Å². The number of anilines is 2. The Morgan fingerprint density at radius 1 is 1.42 bits per heavy atom. The Morgan fingerprint density at radius 3 is 2.84 bits per heavy atom. The number of rotatable bonds is 3. The Hall–Kier alpha value is -1.17. The molecule has 98 valence electrons. The number of thiocarbonyl (C=S) groups is 1. The van der Waals surface area contributed by atoms with Gasteiger partial charge >= 0.3 is 0 Å². The van der Waals surface area contributed by atoms with Crippen molar-refractivity contribution in [2.45, 2.75) is 6.92 Å². The molecule has 3 N–H and O–H groups in total. The van der Waals surface area contributed by atoms with Gasteiger partial charge in [0.05, 0.1) is 11.4 Å². The number of aromatic nitrogens is 1. The highest BCUT2D eigenvalue weighted by Crippen LogP contribution is 2.31. The summed E-state index contributed by atoms with van der Waals surface area (Å²) in [6, 6.07) is 7.47. The summed E-state index contributed by atoms with van der Waals surface area (Å²) in [5.74, 6) is 0. The highest BCUT2D eigenvalue weighted by atomic mass is 79.9. The van der Waals surface area contributed by atoms with Crippen LogP contribution in [0.2, 0.25) is 5.02 Å². The summed E-state index contributed by atoms with van der Waals surface area (Å²) in [5, 5.41) is 3.92. The van der Waals surface area contributed by atoms with Crippen molar-refractivity contribution in [3.63, 3.8) is 0 Å². The lowest BCUT2D eigenvalue weighted by Crippen LogP contribution is -2.13. The van der Waals surface area contributed by atoms with Crippen LogP contribution in [-0.4, -0.2) is 9.97 Å². The van der Waals surface area contributed by atoms with E-state index in [0.717, 1.165) is 21.4 Å². The van der Waals surface area contributed by atoms with Crippen molar-refractivity contribution < 1.29 is 0 Å². The number of benzene rings is 1. The van der Waals surface area contributed by atoms with Gasteiger partial charge in [-0.25, -0.2) is 0 Å². The van der Waals surface area contributed by atoms with Crippen LogP contribution in [-0.2, 0) is 0 Å². The largest absolute Gasteiger partial charge is 0.388 e. The topological polar surface area (TPSA) is 50.9 Å². The molecule has 1 aromatic heterocycles. The number of nitrogens with zero attached hydrogens (tertiary/aromatic N) is 1. The van der Waals surface area contributed by atoms with Gasteiger partial charge in [0.25, 0.3) is 0 Å². The molecule has 2 aromatic rings. The van der Waals surface area contributed by atoms with Crippen molar-refractivity contribution in [3.05, 3.63) is 51.2 Å². The van der Waals surface area contributed by atoms with E-state index in [1.807, 2.05) is 31.2 Å². The molecular weight excluding hydrogens is 346 g/mol. The third-order valence-electron chi connectivity index (χ3n) is 2.56. The SMILES string of the molecule is Cc1cc(Br)c(Nc2cccnc2C(N)=S)cc1Cl. The van der Waals surface area contributed by atoms with Crippen molar-refractivity contribution in [2.24, 2.45) is 5.73 Å². The molecule has 6 heteroatoms. The van der Waals surface area contributed by atoms with Crippen molar-refractivity contribution in [3.8, 4) is 0 Å². The molecule has 1 aromatic carbocycles. The molecule has 0 aliphatic rings. The third-order valence-corrected chi connectivity index (χ3v) is 3.82. The summed E-state index contributed by atoms with van der Waals surface area (Å²) in [6.45, 7) is 1.95. The minimum absolute atomic E-state index is 0.248. The number of halogens is 2. The maximum Gasteiger partial charge on any atom is 0.124 e. The van der Waals surface area contributed by atoms with Crippen LogP contribution in [0.25, 0.3) is 0 Å². The van der Waals surface area contributed by atoms with Crippen LogP contribution in [0.4, 0.5) is 11.4 Å². The van der Waals surface area contributed by atoms with Crippen LogP contribution in [0.5, 0.6) is 0 Å².